The Morgan fingerprint density at radius 1 is 1.25 bits per heavy atom. The van der Waals surface area contributed by atoms with Crippen molar-refractivity contribution in [1.29, 1.82) is 0 Å². The van der Waals surface area contributed by atoms with Gasteiger partial charge in [0.2, 0.25) is 0 Å². The highest BCUT2D eigenvalue weighted by Crippen LogP contribution is 2.22. The third-order valence-corrected chi connectivity index (χ3v) is 3.77. The second kappa shape index (κ2) is 8.04. The summed E-state index contributed by atoms with van der Waals surface area (Å²) in [5.74, 6) is 0.694. The van der Waals surface area contributed by atoms with Crippen molar-refractivity contribution in [2.45, 2.75) is 45.1 Å². The smallest absolute Gasteiger partial charge is 0.0589 e. The summed E-state index contributed by atoms with van der Waals surface area (Å²) in [6, 6.07) is 0.416. The molecule has 3 heteroatoms. The molecule has 1 rings (SSSR count). The predicted molar refractivity (Wildman–Crippen MR) is 68.5 cm³/mol. The van der Waals surface area contributed by atoms with Crippen molar-refractivity contribution in [2.24, 2.45) is 11.7 Å². The first-order valence-corrected chi connectivity index (χ1v) is 6.74. The maximum atomic E-state index is 6.25. The molecule has 16 heavy (non-hydrogen) atoms. The largest absolute Gasteiger partial charge is 0.383 e. The first kappa shape index (κ1) is 13.9. The molecular weight excluding hydrogens is 200 g/mol. The van der Waals surface area contributed by atoms with Crippen LogP contribution in [0.5, 0.6) is 0 Å². The van der Waals surface area contributed by atoms with E-state index >= 15 is 0 Å². The summed E-state index contributed by atoms with van der Waals surface area (Å²) in [4.78, 5) is 2.47. The summed E-state index contributed by atoms with van der Waals surface area (Å²) in [5.41, 5.74) is 6.25. The lowest BCUT2D eigenvalue weighted by Gasteiger charge is -2.28. The molecule has 2 N–H and O–H groups in total. The molecule has 1 aliphatic rings. The van der Waals surface area contributed by atoms with Gasteiger partial charge in [-0.2, -0.15) is 0 Å². The van der Waals surface area contributed by atoms with Crippen molar-refractivity contribution in [3.8, 4) is 0 Å². The molecule has 0 saturated heterocycles. The van der Waals surface area contributed by atoms with Gasteiger partial charge >= 0.3 is 0 Å². The van der Waals surface area contributed by atoms with E-state index in [4.69, 9.17) is 10.5 Å². The van der Waals surface area contributed by atoms with Crippen molar-refractivity contribution in [3.63, 3.8) is 0 Å². The molecule has 96 valence electrons. The fraction of sp³-hybridized carbons (Fsp3) is 1.00. The molecule has 0 bridgehead atoms. The van der Waals surface area contributed by atoms with Crippen molar-refractivity contribution in [3.05, 3.63) is 0 Å². The standard InChI is InChI=1S/C13H28N2O/c1-3-15(9-10-16-2)11-12-7-5-4-6-8-13(12)14/h12-13H,3-11,14H2,1-2H3. The van der Waals surface area contributed by atoms with Crippen LogP contribution in [0.25, 0.3) is 0 Å². The fourth-order valence-electron chi connectivity index (χ4n) is 2.57. The summed E-state index contributed by atoms with van der Waals surface area (Å²) in [5, 5.41) is 0. The zero-order chi connectivity index (χ0) is 11.8. The van der Waals surface area contributed by atoms with Crippen LogP contribution in [0.4, 0.5) is 0 Å². The molecule has 0 spiro atoms. The minimum atomic E-state index is 0.416. The Morgan fingerprint density at radius 2 is 2.00 bits per heavy atom. The van der Waals surface area contributed by atoms with Crippen LogP contribution >= 0.6 is 0 Å². The van der Waals surface area contributed by atoms with Gasteiger partial charge in [0, 0.05) is 26.2 Å². The van der Waals surface area contributed by atoms with Crippen LogP contribution in [0.1, 0.15) is 39.0 Å². The van der Waals surface area contributed by atoms with Gasteiger partial charge in [0.1, 0.15) is 0 Å². The van der Waals surface area contributed by atoms with E-state index < -0.39 is 0 Å². The van der Waals surface area contributed by atoms with Gasteiger partial charge in [0.25, 0.3) is 0 Å². The van der Waals surface area contributed by atoms with Crippen LogP contribution in [0.2, 0.25) is 0 Å². The molecule has 2 atom stereocenters. The van der Waals surface area contributed by atoms with Crippen LogP contribution in [-0.2, 0) is 4.74 Å². The van der Waals surface area contributed by atoms with Gasteiger partial charge in [-0.3, -0.25) is 0 Å². The third-order valence-electron chi connectivity index (χ3n) is 3.77. The number of nitrogens with two attached hydrogens (primary N) is 1. The highest BCUT2D eigenvalue weighted by atomic mass is 16.5. The predicted octanol–water partition coefficient (Wildman–Crippen LogP) is 1.86. The first-order chi connectivity index (χ1) is 7.77. The van der Waals surface area contributed by atoms with Crippen LogP contribution in [0.3, 0.4) is 0 Å². The van der Waals surface area contributed by atoms with Crippen LogP contribution in [0.15, 0.2) is 0 Å². The molecule has 0 aromatic carbocycles. The summed E-state index contributed by atoms with van der Waals surface area (Å²) >= 11 is 0. The lowest BCUT2D eigenvalue weighted by molar-refractivity contribution is 0.134. The van der Waals surface area contributed by atoms with E-state index in [0.29, 0.717) is 12.0 Å². The van der Waals surface area contributed by atoms with Crippen molar-refractivity contribution < 1.29 is 4.74 Å². The number of methoxy groups -OCH3 is 1. The minimum Gasteiger partial charge on any atom is -0.383 e. The zero-order valence-corrected chi connectivity index (χ0v) is 11.0. The molecule has 0 heterocycles. The first-order valence-electron chi connectivity index (χ1n) is 6.74. The summed E-state index contributed by atoms with van der Waals surface area (Å²) in [7, 11) is 1.77. The number of ether oxygens (including phenoxy) is 1. The van der Waals surface area contributed by atoms with Gasteiger partial charge in [0.15, 0.2) is 0 Å². The summed E-state index contributed by atoms with van der Waals surface area (Å²) in [6.45, 7) is 6.34. The highest BCUT2D eigenvalue weighted by molar-refractivity contribution is 4.79. The summed E-state index contributed by atoms with van der Waals surface area (Å²) in [6.07, 6.45) is 6.58. The average molecular weight is 228 g/mol. The van der Waals surface area contributed by atoms with Gasteiger partial charge in [-0.1, -0.05) is 26.2 Å². The normalized spacial score (nSPS) is 27.0. The van der Waals surface area contributed by atoms with E-state index in [0.717, 1.165) is 26.2 Å². The van der Waals surface area contributed by atoms with Gasteiger partial charge in [-0.05, 0) is 25.3 Å². The molecule has 0 aromatic heterocycles. The maximum absolute atomic E-state index is 6.25. The van der Waals surface area contributed by atoms with Crippen molar-refractivity contribution >= 4 is 0 Å². The fourth-order valence-corrected chi connectivity index (χ4v) is 2.57. The Labute approximate surface area is 100 Å². The van der Waals surface area contributed by atoms with Gasteiger partial charge in [-0.25, -0.2) is 0 Å². The molecule has 0 radical (unpaired) electrons. The number of hydrogen-bond donors (Lipinski definition) is 1. The van der Waals surface area contributed by atoms with E-state index in [1.807, 2.05) is 0 Å². The molecule has 1 aliphatic carbocycles. The quantitative estimate of drug-likeness (QED) is 0.705. The Morgan fingerprint density at radius 3 is 2.69 bits per heavy atom. The van der Waals surface area contributed by atoms with Crippen molar-refractivity contribution in [1.82, 2.24) is 4.90 Å². The van der Waals surface area contributed by atoms with Gasteiger partial charge < -0.3 is 15.4 Å². The molecule has 0 amide bonds. The maximum Gasteiger partial charge on any atom is 0.0589 e. The SMILES string of the molecule is CCN(CCOC)CC1CCCCCC1N. The number of rotatable bonds is 6. The number of hydrogen-bond acceptors (Lipinski definition) is 3. The number of nitrogens with zero attached hydrogens (tertiary/aromatic N) is 1. The topological polar surface area (TPSA) is 38.5 Å². The summed E-state index contributed by atoms with van der Waals surface area (Å²) < 4.78 is 5.14. The zero-order valence-electron chi connectivity index (χ0n) is 11.0. The van der Waals surface area contributed by atoms with Crippen LogP contribution in [-0.4, -0.2) is 44.3 Å². The Bertz CT molecular complexity index is 175. The molecule has 2 unspecified atom stereocenters. The van der Waals surface area contributed by atoms with Gasteiger partial charge in [0.05, 0.1) is 6.61 Å². The minimum absolute atomic E-state index is 0.416. The van der Waals surface area contributed by atoms with E-state index in [9.17, 15) is 0 Å². The van der Waals surface area contributed by atoms with Crippen LogP contribution in [0, 0.1) is 5.92 Å². The molecule has 0 aliphatic heterocycles. The molecule has 3 nitrogen and oxygen atoms in total. The Hall–Kier alpha value is -0.120. The second-order valence-electron chi connectivity index (χ2n) is 4.95. The van der Waals surface area contributed by atoms with E-state index in [1.54, 1.807) is 7.11 Å². The van der Waals surface area contributed by atoms with Gasteiger partial charge in [-0.15, -0.1) is 0 Å². The molecular formula is C13H28N2O. The van der Waals surface area contributed by atoms with E-state index in [-0.39, 0.29) is 0 Å². The highest BCUT2D eigenvalue weighted by Gasteiger charge is 2.22. The average Bonchev–Trinajstić information content (AvgIpc) is 2.50. The monoisotopic (exact) mass is 228 g/mol. The lowest BCUT2D eigenvalue weighted by atomic mass is 9.95. The van der Waals surface area contributed by atoms with E-state index in [2.05, 4.69) is 11.8 Å². The lowest BCUT2D eigenvalue weighted by Crippen LogP contribution is -2.40. The molecule has 1 saturated carbocycles. The third kappa shape index (κ3) is 4.81. The molecule has 0 aromatic rings. The van der Waals surface area contributed by atoms with Crippen molar-refractivity contribution in [2.75, 3.05) is 33.4 Å². The Kier molecular flexibility index (Phi) is 7.01. The van der Waals surface area contributed by atoms with E-state index in [1.165, 1.54) is 32.1 Å². The second-order valence-corrected chi connectivity index (χ2v) is 4.95. The molecule has 1 fully saturated rings. The number of likely N-dealkylation sites (N-methyl/N-ethyl adjacent to an activating group) is 1. The van der Waals surface area contributed by atoms with Crippen LogP contribution < -0.4 is 5.73 Å². The Balaban J connectivity index is 2.35.